The molecule has 0 amide bonds. The summed E-state index contributed by atoms with van der Waals surface area (Å²) in [6, 6.07) is 2.31. The largest absolute Gasteiger partial charge is 0.468 e. The first-order valence-electron chi connectivity index (χ1n) is 4.56. The Morgan fingerprint density at radius 2 is 2.31 bits per heavy atom. The molecular formula is C10H10ClNO4. The number of esters is 1. The second-order valence-corrected chi connectivity index (χ2v) is 3.64. The Morgan fingerprint density at radius 3 is 3.00 bits per heavy atom. The van der Waals surface area contributed by atoms with E-state index in [9.17, 15) is 4.79 Å². The second-order valence-electron chi connectivity index (χ2n) is 3.24. The van der Waals surface area contributed by atoms with Crippen LogP contribution in [0.1, 0.15) is 11.6 Å². The van der Waals surface area contributed by atoms with E-state index in [2.05, 4.69) is 4.74 Å². The van der Waals surface area contributed by atoms with Crippen molar-refractivity contribution in [2.75, 3.05) is 13.9 Å². The van der Waals surface area contributed by atoms with Gasteiger partial charge >= 0.3 is 5.97 Å². The van der Waals surface area contributed by atoms with E-state index in [0.717, 1.165) is 0 Å². The molecular weight excluding hydrogens is 234 g/mol. The lowest BCUT2D eigenvalue weighted by Gasteiger charge is -2.10. The Hall–Kier alpha value is -1.46. The average molecular weight is 244 g/mol. The molecule has 0 spiro atoms. The number of methoxy groups -OCH3 is 1. The van der Waals surface area contributed by atoms with Gasteiger partial charge in [-0.15, -0.1) is 0 Å². The SMILES string of the molecule is COC(=O)C(N)c1cc(Cl)c2c(c1)OCO2. The molecule has 1 heterocycles. The summed E-state index contributed by atoms with van der Waals surface area (Å²) in [5, 5.41) is 0.365. The van der Waals surface area contributed by atoms with Crippen molar-refractivity contribution in [1.29, 1.82) is 0 Å². The Bertz CT molecular complexity index is 435. The van der Waals surface area contributed by atoms with Crippen molar-refractivity contribution in [3.63, 3.8) is 0 Å². The van der Waals surface area contributed by atoms with Crippen molar-refractivity contribution in [3.8, 4) is 11.5 Å². The van der Waals surface area contributed by atoms with E-state index < -0.39 is 12.0 Å². The van der Waals surface area contributed by atoms with E-state index in [0.29, 0.717) is 22.1 Å². The minimum Gasteiger partial charge on any atom is -0.468 e. The third kappa shape index (κ3) is 1.79. The van der Waals surface area contributed by atoms with Gasteiger partial charge in [-0.3, -0.25) is 4.79 Å². The minimum atomic E-state index is -0.878. The van der Waals surface area contributed by atoms with Gasteiger partial charge in [0.05, 0.1) is 12.1 Å². The first kappa shape index (κ1) is 11.0. The fraction of sp³-hybridized carbons (Fsp3) is 0.300. The molecule has 1 aromatic rings. The van der Waals surface area contributed by atoms with E-state index in [4.69, 9.17) is 26.8 Å². The summed E-state index contributed by atoms with van der Waals surface area (Å²) in [7, 11) is 1.27. The summed E-state index contributed by atoms with van der Waals surface area (Å²) < 4.78 is 14.9. The van der Waals surface area contributed by atoms with Crippen LogP contribution in [0.3, 0.4) is 0 Å². The van der Waals surface area contributed by atoms with E-state index >= 15 is 0 Å². The molecule has 2 rings (SSSR count). The maximum atomic E-state index is 11.3. The first-order valence-corrected chi connectivity index (χ1v) is 4.93. The molecule has 0 bridgehead atoms. The van der Waals surface area contributed by atoms with E-state index in [1.165, 1.54) is 7.11 Å². The zero-order chi connectivity index (χ0) is 11.7. The van der Waals surface area contributed by atoms with Gasteiger partial charge in [-0.2, -0.15) is 0 Å². The highest BCUT2D eigenvalue weighted by Gasteiger charge is 2.23. The molecule has 0 saturated heterocycles. The summed E-state index contributed by atoms with van der Waals surface area (Å²) >= 11 is 5.95. The molecule has 5 nitrogen and oxygen atoms in total. The molecule has 6 heteroatoms. The van der Waals surface area contributed by atoms with Gasteiger partial charge in [-0.05, 0) is 17.7 Å². The van der Waals surface area contributed by atoms with Crippen LogP contribution in [0.15, 0.2) is 12.1 Å². The predicted molar refractivity (Wildman–Crippen MR) is 56.5 cm³/mol. The summed E-state index contributed by atoms with van der Waals surface area (Å²) in [4.78, 5) is 11.3. The lowest BCUT2D eigenvalue weighted by molar-refractivity contribution is -0.142. The fourth-order valence-electron chi connectivity index (χ4n) is 1.43. The van der Waals surface area contributed by atoms with Crippen LogP contribution in [0.2, 0.25) is 5.02 Å². The Morgan fingerprint density at radius 1 is 1.56 bits per heavy atom. The molecule has 1 aliphatic rings. The molecule has 0 aliphatic carbocycles. The molecule has 1 atom stereocenters. The molecule has 16 heavy (non-hydrogen) atoms. The predicted octanol–water partition coefficient (Wildman–Crippen LogP) is 1.24. The van der Waals surface area contributed by atoms with Gasteiger partial charge < -0.3 is 19.9 Å². The van der Waals surface area contributed by atoms with Gasteiger partial charge in [0.2, 0.25) is 6.79 Å². The topological polar surface area (TPSA) is 70.8 Å². The number of benzene rings is 1. The van der Waals surface area contributed by atoms with Crippen LogP contribution in [0.5, 0.6) is 11.5 Å². The third-order valence-corrected chi connectivity index (χ3v) is 2.54. The highest BCUT2D eigenvalue weighted by molar-refractivity contribution is 6.32. The van der Waals surface area contributed by atoms with Gasteiger partial charge in [-0.1, -0.05) is 11.6 Å². The van der Waals surface area contributed by atoms with Gasteiger partial charge in [0.25, 0.3) is 0 Å². The minimum absolute atomic E-state index is 0.117. The quantitative estimate of drug-likeness (QED) is 0.792. The number of hydrogen-bond acceptors (Lipinski definition) is 5. The van der Waals surface area contributed by atoms with Crippen LogP contribution in [-0.4, -0.2) is 19.9 Å². The maximum absolute atomic E-state index is 11.3. The lowest BCUT2D eigenvalue weighted by Crippen LogP contribution is -2.22. The van der Waals surface area contributed by atoms with Crippen molar-refractivity contribution < 1.29 is 19.0 Å². The molecule has 1 unspecified atom stereocenters. The van der Waals surface area contributed by atoms with Crippen molar-refractivity contribution in [1.82, 2.24) is 0 Å². The van der Waals surface area contributed by atoms with E-state index in [1.54, 1.807) is 12.1 Å². The average Bonchev–Trinajstić information content (AvgIpc) is 2.75. The monoisotopic (exact) mass is 243 g/mol. The van der Waals surface area contributed by atoms with E-state index in [-0.39, 0.29) is 6.79 Å². The summed E-state index contributed by atoms with van der Waals surface area (Å²) in [5.74, 6) is 0.430. The Labute approximate surface area is 97.0 Å². The molecule has 1 aromatic carbocycles. The molecule has 2 N–H and O–H groups in total. The number of ether oxygens (including phenoxy) is 3. The van der Waals surface area contributed by atoms with Crippen molar-refractivity contribution in [2.24, 2.45) is 5.73 Å². The molecule has 0 saturated carbocycles. The van der Waals surface area contributed by atoms with Crippen LogP contribution >= 0.6 is 11.6 Å². The van der Waals surface area contributed by atoms with Crippen LogP contribution < -0.4 is 15.2 Å². The number of carbonyl (C=O) groups excluding carboxylic acids is 1. The molecule has 86 valence electrons. The smallest absolute Gasteiger partial charge is 0.327 e. The summed E-state index contributed by atoms with van der Waals surface area (Å²) in [6.07, 6.45) is 0. The Balaban J connectivity index is 2.36. The van der Waals surface area contributed by atoms with Crippen molar-refractivity contribution in [2.45, 2.75) is 6.04 Å². The van der Waals surface area contributed by atoms with Gasteiger partial charge in [0.1, 0.15) is 6.04 Å². The number of nitrogens with two attached hydrogens (primary N) is 1. The Kier molecular flexibility index (Phi) is 2.89. The third-order valence-electron chi connectivity index (χ3n) is 2.26. The number of fused-ring (bicyclic) bond motifs is 1. The van der Waals surface area contributed by atoms with Crippen LogP contribution in [0.25, 0.3) is 0 Å². The number of rotatable bonds is 2. The zero-order valence-corrected chi connectivity index (χ0v) is 9.28. The molecule has 0 fully saturated rings. The molecule has 0 radical (unpaired) electrons. The summed E-state index contributed by atoms with van der Waals surface area (Å²) in [5.41, 5.74) is 6.21. The summed E-state index contributed by atoms with van der Waals surface area (Å²) in [6.45, 7) is 0.117. The first-order chi connectivity index (χ1) is 7.63. The molecule has 0 aromatic heterocycles. The number of carbonyl (C=O) groups is 1. The second kappa shape index (κ2) is 4.19. The van der Waals surface area contributed by atoms with Crippen molar-refractivity contribution >= 4 is 17.6 Å². The van der Waals surface area contributed by atoms with Crippen LogP contribution in [0, 0.1) is 0 Å². The highest BCUT2D eigenvalue weighted by atomic mass is 35.5. The lowest BCUT2D eigenvalue weighted by atomic mass is 10.1. The zero-order valence-electron chi connectivity index (χ0n) is 8.53. The highest BCUT2D eigenvalue weighted by Crippen LogP contribution is 2.40. The number of halogens is 1. The van der Waals surface area contributed by atoms with Gasteiger partial charge in [0, 0.05) is 0 Å². The standard InChI is InChI=1S/C10H10ClNO4/c1-14-10(13)8(12)5-2-6(11)9-7(3-5)15-4-16-9/h2-3,8H,4,12H2,1H3. The molecule has 1 aliphatic heterocycles. The maximum Gasteiger partial charge on any atom is 0.327 e. The number of hydrogen-bond donors (Lipinski definition) is 1. The fourth-order valence-corrected chi connectivity index (χ4v) is 1.70. The van der Waals surface area contributed by atoms with Crippen LogP contribution in [-0.2, 0) is 9.53 Å². The normalized spacial score (nSPS) is 14.7. The van der Waals surface area contributed by atoms with Gasteiger partial charge in [-0.25, -0.2) is 0 Å². The van der Waals surface area contributed by atoms with Crippen molar-refractivity contribution in [3.05, 3.63) is 22.7 Å². The van der Waals surface area contributed by atoms with E-state index in [1.807, 2.05) is 0 Å². The van der Waals surface area contributed by atoms with Crippen LogP contribution in [0.4, 0.5) is 0 Å². The van der Waals surface area contributed by atoms with Gasteiger partial charge in [0.15, 0.2) is 11.5 Å².